The monoisotopic (exact) mass is 375 g/mol. The minimum atomic E-state index is -0.961. The summed E-state index contributed by atoms with van der Waals surface area (Å²) in [6.45, 7) is 8.39. The Bertz CT molecular complexity index is 741. The molecule has 0 aromatic heterocycles. The lowest BCUT2D eigenvalue weighted by atomic mass is 9.96. The number of ether oxygens (including phenoxy) is 1. The number of carbonyl (C=O) groups is 3. The standard InChI is InChI=1S/C19H26N4O4/c1-4-27-18(26)22-11-9-21(10-12-22)13-16(24)23-15-8-6-5-7-14(15)20-17(25)19(23,2)3/h5-8H,4,9-13H2,1-3H3,(H,20,25)/p+1. The lowest BCUT2D eigenvalue weighted by Gasteiger charge is -2.42. The SMILES string of the molecule is CCOC(=O)N1CC[NH+](CC(=O)N2c3ccccc3NC(=O)C2(C)C)CC1. The number of amides is 3. The maximum atomic E-state index is 13.1. The van der Waals surface area contributed by atoms with Gasteiger partial charge in [-0.15, -0.1) is 0 Å². The molecule has 2 aliphatic heterocycles. The molecule has 0 saturated carbocycles. The van der Waals surface area contributed by atoms with Crippen molar-refractivity contribution in [2.24, 2.45) is 0 Å². The molecule has 0 unspecified atom stereocenters. The van der Waals surface area contributed by atoms with Crippen molar-refractivity contribution in [3.8, 4) is 0 Å². The summed E-state index contributed by atoms with van der Waals surface area (Å²) >= 11 is 0. The van der Waals surface area contributed by atoms with Crippen molar-refractivity contribution in [2.45, 2.75) is 26.3 Å². The summed E-state index contributed by atoms with van der Waals surface area (Å²) < 4.78 is 5.03. The van der Waals surface area contributed by atoms with Crippen LogP contribution in [0.5, 0.6) is 0 Å². The van der Waals surface area contributed by atoms with Crippen LogP contribution in [0.15, 0.2) is 24.3 Å². The molecule has 0 atom stereocenters. The molecule has 1 aromatic carbocycles. The number of piperazine rings is 1. The number of hydrogen-bond donors (Lipinski definition) is 2. The Morgan fingerprint density at radius 3 is 2.56 bits per heavy atom. The lowest BCUT2D eigenvalue weighted by molar-refractivity contribution is -0.895. The summed E-state index contributed by atoms with van der Waals surface area (Å²) in [4.78, 5) is 41.8. The number of hydrogen-bond acceptors (Lipinski definition) is 4. The Balaban J connectivity index is 1.69. The van der Waals surface area contributed by atoms with Crippen LogP contribution in [0.25, 0.3) is 0 Å². The first-order chi connectivity index (χ1) is 12.8. The summed E-state index contributed by atoms with van der Waals surface area (Å²) in [5.41, 5.74) is 0.409. The van der Waals surface area contributed by atoms with Gasteiger partial charge in [0.25, 0.3) is 5.91 Å². The van der Waals surface area contributed by atoms with Gasteiger partial charge >= 0.3 is 6.09 Å². The summed E-state index contributed by atoms with van der Waals surface area (Å²) in [5.74, 6) is -0.293. The minimum absolute atomic E-state index is 0.0955. The zero-order valence-electron chi connectivity index (χ0n) is 16.1. The smallest absolute Gasteiger partial charge is 0.410 e. The summed E-state index contributed by atoms with van der Waals surface area (Å²) in [6, 6.07) is 7.34. The van der Waals surface area contributed by atoms with Crippen molar-refractivity contribution in [1.29, 1.82) is 0 Å². The van der Waals surface area contributed by atoms with Gasteiger partial charge in [-0.05, 0) is 32.9 Å². The minimum Gasteiger partial charge on any atom is -0.450 e. The molecule has 146 valence electrons. The number of quaternary nitrogens is 1. The number of nitrogens with zero attached hydrogens (tertiary/aromatic N) is 2. The third kappa shape index (κ3) is 3.75. The van der Waals surface area contributed by atoms with Crippen molar-refractivity contribution in [3.05, 3.63) is 24.3 Å². The normalized spacial score (nSPS) is 19.3. The zero-order valence-corrected chi connectivity index (χ0v) is 16.1. The van der Waals surface area contributed by atoms with E-state index in [1.165, 1.54) is 0 Å². The van der Waals surface area contributed by atoms with E-state index in [0.717, 1.165) is 10.6 Å². The van der Waals surface area contributed by atoms with E-state index < -0.39 is 5.54 Å². The van der Waals surface area contributed by atoms with E-state index in [9.17, 15) is 14.4 Å². The maximum Gasteiger partial charge on any atom is 0.410 e. The molecule has 1 aromatic rings. The van der Waals surface area contributed by atoms with Gasteiger partial charge in [0.2, 0.25) is 5.91 Å². The van der Waals surface area contributed by atoms with Crippen molar-refractivity contribution in [1.82, 2.24) is 4.90 Å². The molecule has 8 nitrogen and oxygen atoms in total. The molecule has 2 N–H and O–H groups in total. The fourth-order valence-electron chi connectivity index (χ4n) is 3.59. The van der Waals surface area contributed by atoms with Crippen LogP contribution in [0.3, 0.4) is 0 Å². The highest BCUT2D eigenvalue weighted by Crippen LogP contribution is 2.36. The van der Waals surface area contributed by atoms with Crippen LogP contribution in [-0.4, -0.2) is 67.7 Å². The van der Waals surface area contributed by atoms with Gasteiger partial charge in [-0.3, -0.25) is 19.4 Å². The number of nitrogens with one attached hydrogen (secondary N) is 2. The Morgan fingerprint density at radius 1 is 1.22 bits per heavy atom. The quantitative estimate of drug-likeness (QED) is 0.785. The molecule has 0 spiro atoms. The van der Waals surface area contributed by atoms with Gasteiger partial charge in [0.1, 0.15) is 5.54 Å². The van der Waals surface area contributed by atoms with Gasteiger partial charge in [-0.25, -0.2) is 4.79 Å². The van der Waals surface area contributed by atoms with E-state index in [4.69, 9.17) is 4.74 Å². The second-order valence-corrected chi connectivity index (χ2v) is 7.37. The number of para-hydroxylation sites is 2. The van der Waals surface area contributed by atoms with Crippen LogP contribution >= 0.6 is 0 Å². The van der Waals surface area contributed by atoms with Gasteiger partial charge in [0.15, 0.2) is 6.54 Å². The molecule has 8 heteroatoms. The molecule has 27 heavy (non-hydrogen) atoms. The molecule has 2 heterocycles. The molecule has 2 aliphatic rings. The summed E-state index contributed by atoms with van der Waals surface area (Å²) in [7, 11) is 0. The molecule has 0 radical (unpaired) electrons. The molecular weight excluding hydrogens is 348 g/mol. The molecule has 3 amide bonds. The molecule has 1 saturated heterocycles. The average Bonchev–Trinajstić information content (AvgIpc) is 2.63. The van der Waals surface area contributed by atoms with Crippen LogP contribution in [0.4, 0.5) is 16.2 Å². The molecular formula is C19H27N4O4+. The first kappa shape index (κ1) is 19.2. The predicted molar refractivity (Wildman–Crippen MR) is 101 cm³/mol. The second kappa shape index (κ2) is 7.56. The molecule has 3 rings (SSSR count). The largest absolute Gasteiger partial charge is 0.450 e. The van der Waals surface area contributed by atoms with Crippen LogP contribution in [0.2, 0.25) is 0 Å². The molecule has 0 bridgehead atoms. The Labute approximate surface area is 159 Å². The highest BCUT2D eigenvalue weighted by Gasteiger charge is 2.44. The fraction of sp³-hybridized carbons (Fsp3) is 0.526. The fourth-order valence-corrected chi connectivity index (χ4v) is 3.59. The van der Waals surface area contributed by atoms with E-state index >= 15 is 0 Å². The number of anilines is 2. The molecule has 0 aliphatic carbocycles. The first-order valence-corrected chi connectivity index (χ1v) is 9.33. The first-order valence-electron chi connectivity index (χ1n) is 9.33. The maximum absolute atomic E-state index is 13.1. The predicted octanol–water partition coefficient (Wildman–Crippen LogP) is 0.107. The van der Waals surface area contributed by atoms with Gasteiger partial charge in [-0.1, -0.05) is 12.1 Å². The third-order valence-corrected chi connectivity index (χ3v) is 5.16. The van der Waals surface area contributed by atoms with Crippen molar-refractivity contribution < 1.29 is 24.0 Å². The summed E-state index contributed by atoms with van der Waals surface area (Å²) in [6.07, 6.45) is -0.300. The summed E-state index contributed by atoms with van der Waals surface area (Å²) in [5, 5.41) is 2.87. The van der Waals surface area contributed by atoms with E-state index in [0.29, 0.717) is 38.5 Å². The van der Waals surface area contributed by atoms with Gasteiger partial charge in [0.05, 0.1) is 44.2 Å². The average molecular weight is 375 g/mol. The van der Waals surface area contributed by atoms with Crippen molar-refractivity contribution >= 4 is 29.3 Å². The lowest BCUT2D eigenvalue weighted by Crippen LogP contribution is -3.16. The van der Waals surface area contributed by atoms with Gasteiger partial charge in [-0.2, -0.15) is 0 Å². The van der Waals surface area contributed by atoms with Crippen LogP contribution in [-0.2, 0) is 14.3 Å². The van der Waals surface area contributed by atoms with E-state index in [2.05, 4.69) is 5.32 Å². The van der Waals surface area contributed by atoms with Crippen LogP contribution < -0.4 is 15.1 Å². The van der Waals surface area contributed by atoms with Gasteiger partial charge < -0.3 is 15.0 Å². The van der Waals surface area contributed by atoms with E-state index in [-0.39, 0.29) is 24.5 Å². The van der Waals surface area contributed by atoms with Crippen LogP contribution in [0.1, 0.15) is 20.8 Å². The highest BCUT2D eigenvalue weighted by atomic mass is 16.6. The third-order valence-electron chi connectivity index (χ3n) is 5.16. The Hall–Kier alpha value is -2.61. The van der Waals surface area contributed by atoms with Crippen molar-refractivity contribution in [3.63, 3.8) is 0 Å². The second-order valence-electron chi connectivity index (χ2n) is 7.37. The Morgan fingerprint density at radius 2 is 1.89 bits per heavy atom. The number of carbonyl (C=O) groups excluding carboxylic acids is 3. The highest BCUT2D eigenvalue weighted by molar-refractivity contribution is 6.14. The topological polar surface area (TPSA) is 83.4 Å². The van der Waals surface area contributed by atoms with Crippen LogP contribution in [0, 0.1) is 0 Å². The van der Waals surface area contributed by atoms with E-state index in [1.54, 1.807) is 36.6 Å². The van der Waals surface area contributed by atoms with E-state index in [1.807, 2.05) is 18.2 Å². The zero-order chi connectivity index (χ0) is 19.6. The number of fused-ring (bicyclic) bond motifs is 1. The number of benzene rings is 1. The van der Waals surface area contributed by atoms with Crippen molar-refractivity contribution in [2.75, 3.05) is 49.5 Å². The van der Waals surface area contributed by atoms with Gasteiger partial charge in [0, 0.05) is 0 Å². The number of rotatable bonds is 3. The Kier molecular flexibility index (Phi) is 5.36. The molecule has 1 fully saturated rings.